The topological polar surface area (TPSA) is 39.7 Å². The number of halogens is 3. The molecule has 0 heterocycles. The van der Waals surface area contributed by atoms with Crippen LogP contribution in [0.5, 0.6) is 0 Å². The maximum Gasteiger partial charge on any atom is 0.150 e. The minimum Gasteiger partial charge on any atom is -0.382 e. The molecule has 0 atom stereocenters. The van der Waals surface area contributed by atoms with Gasteiger partial charge < -0.3 is 19.5 Å². The quantitative estimate of drug-likeness (QED) is 0.656. The number of hydrogen-bond acceptors (Lipinski definition) is 4. The standard InChI is InChI=1S/C13H18BrF2NO3/c1-18-4-5-20-7-6-19-3-2-17-13-11(14)8-10(15)9-12(13)16/h8-9,17H,2-7H2,1H3. The molecule has 0 unspecified atom stereocenters. The Morgan fingerprint density at radius 2 is 1.70 bits per heavy atom. The maximum absolute atomic E-state index is 13.5. The summed E-state index contributed by atoms with van der Waals surface area (Å²) in [7, 11) is 1.61. The minimum atomic E-state index is -0.639. The number of methoxy groups -OCH3 is 1. The first-order valence-electron chi connectivity index (χ1n) is 6.18. The van der Waals surface area contributed by atoms with Crippen molar-refractivity contribution >= 4 is 21.6 Å². The van der Waals surface area contributed by atoms with Crippen LogP contribution in [0.1, 0.15) is 0 Å². The first kappa shape index (κ1) is 17.3. The zero-order valence-electron chi connectivity index (χ0n) is 11.3. The van der Waals surface area contributed by atoms with Crippen molar-refractivity contribution in [3.63, 3.8) is 0 Å². The second-order valence-corrected chi connectivity index (χ2v) is 4.74. The van der Waals surface area contributed by atoms with Crippen molar-refractivity contribution in [2.45, 2.75) is 0 Å². The minimum absolute atomic E-state index is 0.228. The van der Waals surface area contributed by atoms with Gasteiger partial charge in [-0.05, 0) is 22.0 Å². The number of ether oxygens (including phenoxy) is 3. The van der Waals surface area contributed by atoms with Crippen LogP contribution in [-0.2, 0) is 14.2 Å². The number of benzene rings is 1. The fourth-order valence-electron chi connectivity index (χ4n) is 1.42. The van der Waals surface area contributed by atoms with E-state index in [1.165, 1.54) is 6.07 Å². The molecule has 0 saturated heterocycles. The summed E-state index contributed by atoms with van der Waals surface area (Å²) in [5.41, 5.74) is 0.228. The molecule has 1 aromatic rings. The molecule has 0 aliphatic carbocycles. The van der Waals surface area contributed by atoms with Crippen LogP contribution in [0.2, 0.25) is 0 Å². The third-order valence-corrected chi connectivity index (χ3v) is 2.98. The maximum atomic E-state index is 13.5. The van der Waals surface area contributed by atoms with E-state index in [0.29, 0.717) is 44.1 Å². The first-order chi connectivity index (χ1) is 9.65. The molecule has 20 heavy (non-hydrogen) atoms. The first-order valence-corrected chi connectivity index (χ1v) is 6.97. The smallest absolute Gasteiger partial charge is 0.150 e. The molecule has 1 N–H and O–H groups in total. The molecule has 0 amide bonds. The number of hydrogen-bond donors (Lipinski definition) is 1. The second kappa shape index (κ2) is 10.0. The predicted molar refractivity (Wildman–Crippen MR) is 76.1 cm³/mol. The van der Waals surface area contributed by atoms with E-state index in [1.807, 2.05) is 0 Å². The van der Waals surface area contributed by atoms with E-state index >= 15 is 0 Å². The lowest BCUT2D eigenvalue weighted by molar-refractivity contribution is 0.0272. The largest absolute Gasteiger partial charge is 0.382 e. The van der Waals surface area contributed by atoms with Crippen molar-refractivity contribution in [1.29, 1.82) is 0 Å². The van der Waals surface area contributed by atoms with Crippen molar-refractivity contribution in [3.05, 3.63) is 28.2 Å². The summed E-state index contributed by atoms with van der Waals surface area (Å²) >= 11 is 3.10. The Labute approximate surface area is 125 Å². The Morgan fingerprint density at radius 1 is 1.05 bits per heavy atom. The molecule has 1 aromatic carbocycles. The summed E-state index contributed by atoms with van der Waals surface area (Å²) in [6, 6.07) is 2.04. The third-order valence-electron chi connectivity index (χ3n) is 2.36. The number of anilines is 1. The molecule has 1 rings (SSSR count). The summed E-state index contributed by atoms with van der Waals surface area (Å²) in [5, 5.41) is 2.85. The van der Waals surface area contributed by atoms with Gasteiger partial charge in [-0.25, -0.2) is 8.78 Å². The normalized spacial score (nSPS) is 10.8. The average molecular weight is 354 g/mol. The summed E-state index contributed by atoms with van der Waals surface area (Å²) in [4.78, 5) is 0. The fourth-order valence-corrected chi connectivity index (χ4v) is 1.97. The number of nitrogens with one attached hydrogen (secondary N) is 1. The van der Waals surface area contributed by atoms with E-state index in [9.17, 15) is 8.78 Å². The van der Waals surface area contributed by atoms with Crippen LogP contribution in [0.3, 0.4) is 0 Å². The zero-order valence-corrected chi connectivity index (χ0v) is 12.8. The van der Waals surface area contributed by atoms with E-state index in [1.54, 1.807) is 7.11 Å². The lowest BCUT2D eigenvalue weighted by Gasteiger charge is -2.10. The van der Waals surface area contributed by atoms with Crippen LogP contribution < -0.4 is 5.32 Å². The van der Waals surface area contributed by atoms with Gasteiger partial charge >= 0.3 is 0 Å². The fraction of sp³-hybridized carbons (Fsp3) is 0.538. The van der Waals surface area contributed by atoms with E-state index in [2.05, 4.69) is 21.2 Å². The van der Waals surface area contributed by atoms with E-state index < -0.39 is 11.6 Å². The molecule has 0 aliphatic heterocycles. The van der Waals surface area contributed by atoms with Gasteiger partial charge in [0.05, 0.1) is 38.7 Å². The molecule has 0 fully saturated rings. The van der Waals surface area contributed by atoms with Crippen molar-refractivity contribution in [1.82, 2.24) is 0 Å². The van der Waals surface area contributed by atoms with E-state index in [0.717, 1.165) is 6.07 Å². The van der Waals surface area contributed by atoms with Gasteiger partial charge in [0.2, 0.25) is 0 Å². The van der Waals surface area contributed by atoms with Crippen molar-refractivity contribution in [3.8, 4) is 0 Å². The Balaban J connectivity index is 2.13. The van der Waals surface area contributed by atoms with Crippen molar-refractivity contribution < 1.29 is 23.0 Å². The highest BCUT2D eigenvalue weighted by molar-refractivity contribution is 9.10. The Kier molecular flexibility index (Phi) is 8.68. The Hall–Kier alpha value is -0.760. The lowest BCUT2D eigenvalue weighted by atomic mass is 10.3. The van der Waals surface area contributed by atoms with Crippen LogP contribution in [0, 0.1) is 11.6 Å². The van der Waals surface area contributed by atoms with Gasteiger partial charge in [-0.1, -0.05) is 0 Å². The molecule has 0 radical (unpaired) electrons. The summed E-state index contributed by atoms with van der Waals surface area (Å²) in [5.74, 6) is -1.26. The van der Waals surface area contributed by atoms with Crippen LogP contribution in [-0.4, -0.2) is 46.7 Å². The monoisotopic (exact) mass is 353 g/mol. The molecule has 0 aliphatic rings. The summed E-state index contributed by atoms with van der Waals surface area (Å²) in [6.45, 7) is 2.85. The highest BCUT2D eigenvalue weighted by Gasteiger charge is 2.08. The highest BCUT2D eigenvalue weighted by atomic mass is 79.9. The number of rotatable bonds is 10. The van der Waals surface area contributed by atoms with Crippen LogP contribution in [0.15, 0.2) is 16.6 Å². The molecular formula is C13H18BrF2NO3. The van der Waals surface area contributed by atoms with Gasteiger partial charge in [-0.2, -0.15) is 0 Å². The molecule has 7 heteroatoms. The summed E-state index contributed by atoms with van der Waals surface area (Å²) in [6.07, 6.45) is 0. The van der Waals surface area contributed by atoms with Crippen molar-refractivity contribution in [2.24, 2.45) is 0 Å². The second-order valence-electron chi connectivity index (χ2n) is 3.89. The Morgan fingerprint density at radius 3 is 2.35 bits per heavy atom. The van der Waals surface area contributed by atoms with Gasteiger partial charge in [-0.3, -0.25) is 0 Å². The van der Waals surface area contributed by atoms with Gasteiger partial charge in [0.25, 0.3) is 0 Å². The third kappa shape index (κ3) is 6.60. The van der Waals surface area contributed by atoms with Crippen LogP contribution in [0.25, 0.3) is 0 Å². The van der Waals surface area contributed by atoms with Crippen molar-refractivity contribution in [2.75, 3.05) is 52.0 Å². The highest BCUT2D eigenvalue weighted by Crippen LogP contribution is 2.26. The molecule has 0 spiro atoms. The van der Waals surface area contributed by atoms with Crippen LogP contribution in [0.4, 0.5) is 14.5 Å². The van der Waals surface area contributed by atoms with Gasteiger partial charge in [0.1, 0.15) is 11.6 Å². The zero-order chi connectivity index (χ0) is 14.8. The lowest BCUT2D eigenvalue weighted by Crippen LogP contribution is -2.14. The van der Waals surface area contributed by atoms with E-state index in [4.69, 9.17) is 14.2 Å². The van der Waals surface area contributed by atoms with Crippen LogP contribution >= 0.6 is 15.9 Å². The van der Waals surface area contributed by atoms with Gasteiger partial charge in [-0.15, -0.1) is 0 Å². The average Bonchev–Trinajstić information content (AvgIpc) is 2.39. The molecule has 0 aromatic heterocycles. The molecule has 4 nitrogen and oxygen atoms in total. The molecular weight excluding hydrogens is 336 g/mol. The van der Waals surface area contributed by atoms with E-state index in [-0.39, 0.29) is 5.69 Å². The Bertz CT molecular complexity index is 384. The van der Waals surface area contributed by atoms with Gasteiger partial charge in [0.15, 0.2) is 0 Å². The predicted octanol–water partition coefficient (Wildman–Crippen LogP) is 2.82. The molecule has 0 saturated carbocycles. The van der Waals surface area contributed by atoms with Gasteiger partial charge in [0, 0.05) is 24.2 Å². The summed E-state index contributed by atoms with van der Waals surface area (Å²) < 4.78 is 42.0. The molecule has 114 valence electrons. The SMILES string of the molecule is COCCOCCOCCNc1c(F)cc(F)cc1Br. The molecule has 0 bridgehead atoms.